The SMILES string of the molecule is COc1cc2oc(=O)cc(-c3ccccc3)c2cc1CCC(=O)NC(CO)c1ccccc1. The van der Waals surface area contributed by atoms with E-state index in [0.717, 1.165) is 27.6 Å². The summed E-state index contributed by atoms with van der Waals surface area (Å²) >= 11 is 0. The third-order valence-corrected chi connectivity index (χ3v) is 5.57. The Morgan fingerprint density at radius 1 is 1.03 bits per heavy atom. The molecule has 0 fully saturated rings. The molecule has 2 N–H and O–H groups in total. The van der Waals surface area contributed by atoms with Crippen LogP contribution >= 0.6 is 0 Å². The number of methoxy groups -OCH3 is 1. The third kappa shape index (κ3) is 5.13. The molecule has 1 heterocycles. The topological polar surface area (TPSA) is 88.8 Å². The lowest BCUT2D eigenvalue weighted by Crippen LogP contribution is -2.30. The number of ether oxygens (including phenoxy) is 1. The lowest BCUT2D eigenvalue weighted by Gasteiger charge is -2.17. The van der Waals surface area contributed by atoms with Gasteiger partial charge in [-0.1, -0.05) is 60.7 Å². The molecule has 4 rings (SSSR count). The summed E-state index contributed by atoms with van der Waals surface area (Å²) in [7, 11) is 1.54. The number of aliphatic hydroxyl groups is 1. The number of carbonyl (C=O) groups is 1. The Bertz CT molecular complexity index is 1300. The maximum Gasteiger partial charge on any atom is 0.336 e. The van der Waals surface area contributed by atoms with Crippen LogP contribution in [-0.2, 0) is 11.2 Å². The molecule has 33 heavy (non-hydrogen) atoms. The first-order valence-corrected chi connectivity index (χ1v) is 10.7. The van der Waals surface area contributed by atoms with Crippen LogP contribution in [0.4, 0.5) is 0 Å². The summed E-state index contributed by atoms with van der Waals surface area (Å²) < 4.78 is 10.9. The summed E-state index contributed by atoms with van der Waals surface area (Å²) in [5.41, 5.74) is 3.32. The van der Waals surface area contributed by atoms with Gasteiger partial charge in [0.05, 0.1) is 19.8 Å². The molecule has 3 aromatic carbocycles. The Morgan fingerprint density at radius 2 is 1.73 bits per heavy atom. The van der Waals surface area contributed by atoms with E-state index in [9.17, 15) is 14.7 Å². The minimum absolute atomic E-state index is 0.178. The van der Waals surface area contributed by atoms with Gasteiger partial charge >= 0.3 is 5.63 Å². The van der Waals surface area contributed by atoms with Crippen LogP contribution in [0, 0.1) is 0 Å². The van der Waals surface area contributed by atoms with Crippen molar-refractivity contribution in [3.05, 3.63) is 100 Å². The molecule has 6 nitrogen and oxygen atoms in total. The summed E-state index contributed by atoms with van der Waals surface area (Å²) in [5, 5.41) is 13.4. The largest absolute Gasteiger partial charge is 0.496 e. The number of amides is 1. The van der Waals surface area contributed by atoms with E-state index in [4.69, 9.17) is 9.15 Å². The van der Waals surface area contributed by atoms with Crippen LogP contribution in [0.2, 0.25) is 0 Å². The fourth-order valence-corrected chi connectivity index (χ4v) is 3.91. The van der Waals surface area contributed by atoms with E-state index < -0.39 is 11.7 Å². The maximum atomic E-state index is 12.6. The second kappa shape index (κ2) is 10.1. The molecule has 0 saturated carbocycles. The fourth-order valence-electron chi connectivity index (χ4n) is 3.91. The van der Waals surface area contributed by atoms with Crippen molar-refractivity contribution in [3.8, 4) is 16.9 Å². The average Bonchev–Trinajstić information content (AvgIpc) is 2.86. The van der Waals surface area contributed by atoms with Gasteiger partial charge in [0.25, 0.3) is 0 Å². The number of hydrogen-bond acceptors (Lipinski definition) is 5. The lowest BCUT2D eigenvalue weighted by molar-refractivity contribution is -0.122. The highest BCUT2D eigenvalue weighted by atomic mass is 16.5. The van der Waals surface area contributed by atoms with Gasteiger partial charge in [0.15, 0.2) is 0 Å². The minimum atomic E-state index is -0.462. The number of aliphatic hydroxyl groups excluding tert-OH is 1. The molecule has 6 heteroatoms. The standard InChI is InChI=1S/C27H25NO5/c1-32-24-16-25-22(21(15-27(31)33-25)18-8-4-2-5-9-18)14-20(24)12-13-26(30)28-23(17-29)19-10-6-3-7-11-19/h2-11,14-16,23,29H,12-13,17H2,1H3,(H,28,30). The van der Waals surface area contributed by atoms with Crippen molar-refractivity contribution < 1.29 is 19.1 Å². The lowest BCUT2D eigenvalue weighted by atomic mass is 9.98. The monoisotopic (exact) mass is 443 g/mol. The first-order chi connectivity index (χ1) is 16.1. The molecule has 0 saturated heterocycles. The number of fused-ring (bicyclic) bond motifs is 1. The van der Waals surface area contributed by atoms with Crippen LogP contribution in [0.25, 0.3) is 22.1 Å². The van der Waals surface area contributed by atoms with Gasteiger partial charge in [0.1, 0.15) is 11.3 Å². The van der Waals surface area contributed by atoms with E-state index in [1.807, 2.05) is 66.7 Å². The van der Waals surface area contributed by atoms with Crippen LogP contribution in [0.15, 0.2) is 88.1 Å². The minimum Gasteiger partial charge on any atom is -0.496 e. The van der Waals surface area contributed by atoms with Crippen LogP contribution < -0.4 is 15.7 Å². The van der Waals surface area contributed by atoms with E-state index in [-0.39, 0.29) is 18.9 Å². The van der Waals surface area contributed by atoms with Crippen LogP contribution in [0.3, 0.4) is 0 Å². The number of rotatable bonds is 8. The van der Waals surface area contributed by atoms with Crippen molar-refractivity contribution in [1.82, 2.24) is 5.32 Å². The molecule has 168 valence electrons. The smallest absolute Gasteiger partial charge is 0.336 e. The van der Waals surface area contributed by atoms with Crippen molar-refractivity contribution in [2.45, 2.75) is 18.9 Å². The van der Waals surface area contributed by atoms with Gasteiger partial charge < -0.3 is 19.6 Å². The van der Waals surface area contributed by atoms with Gasteiger partial charge in [0.2, 0.25) is 5.91 Å². The molecule has 1 amide bonds. The Labute approximate surface area is 191 Å². The molecule has 0 bridgehead atoms. The fraction of sp³-hybridized carbons (Fsp3) is 0.185. The summed E-state index contributed by atoms with van der Waals surface area (Å²) in [6.07, 6.45) is 0.633. The van der Waals surface area contributed by atoms with Crippen LogP contribution in [-0.4, -0.2) is 24.7 Å². The van der Waals surface area contributed by atoms with Gasteiger partial charge in [-0.15, -0.1) is 0 Å². The molecule has 0 spiro atoms. The van der Waals surface area contributed by atoms with Crippen molar-refractivity contribution in [1.29, 1.82) is 0 Å². The molecule has 0 aliphatic rings. The van der Waals surface area contributed by atoms with E-state index in [1.165, 1.54) is 6.07 Å². The second-order valence-corrected chi connectivity index (χ2v) is 7.72. The van der Waals surface area contributed by atoms with E-state index in [2.05, 4.69) is 5.32 Å². The van der Waals surface area contributed by atoms with Crippen LogP contribution in [0.5, 0.6) is 5.75 Å². The summed E-state index contributed by atoms with van der Waals surface area (Å²) in [4.78, 5) is 24.8. The summed E-state index contributed by atoms with van der Waals surface area (Å²) in [6, 6.07) is 23.6. The number of hydrogen-bond donors (Lipinski definition) is 2. The van der Waals surface area contributed by atoms with E-state index in [1.54, 1.807) is 13.2 Å². The van der Waals surface area contributed by atoms with Crippen molar-refractivity contribution in [3.63, 3.8) is 0 Å². The zero-order valence-electron chi connectivity index (χ0n) is 18.3. The molecule has 4 aromatic rings. The Balaban J connectivity index is 1.60. The number of nitrogens with one attached hydrogen (secondary N) is 1. The van der Waals surface area contributed by atoms with Crippen LogP contribution in [0.1, 0.15) is 23.6 Å². The molecule has 0 aliphatic heterocycles. The molecular weight excluding hydrogens is 418 g/mol. The molecule has 0 radical (unpaired) electrons. The number of benzene rings is 3. The zero-order chi connectivity index (χ0) is 23.2. The van der Waals surface area contributed by atoms with Gasteiger partial charge in [-0.05, 0) is 34.7 Å². The molecular formula is C27H25NO5. The van der Waals surface area contributed by atoms with E-state index >= 15 is 0 Å². The molecule has 1 aromatic heterocycles. The summed E-state index contributed by atoms with van der Waals surface area (Å²) in [6.45, 7) is -0.186. The first kappa shape index (κ1) is 22.3. The number of aryl methyl sites for hydroxylation is 1. The highest BCUT2D eigenvalue weighted by Gasteiger charge is 2.16. The highest BCUT2D eigenvalue weighted by molar-refractivity contribution is 5.94. The predicted molar refractivity (Wildman–Crippen MR) is 127 cm³/mol. The highest BCUT2D eigenvalue weighted by Crippen LogP contribution is 2.33. The van der Waals surface area contributed by atoms with Crippen molar-refractivity contribution >= 4 is 16.9 Å². The molecule has 1 atom stereocenters. The van der Waals surface area contributed by atoms with Gasteiger partial charge in [-0.25, -0.2) is 4.79 Å². The average molecular weight is 443 g/mol. The third-order valence-electron chi connectivity index (χ3n) is 5.57. The van der Waals surface area contributed by atoms with Gasteiger partial charge in [0, 0.05) is 23.9 Å². The molecule has 0 aliphatic carbocycles. The maximum absolute atomic E-state index is 12.6. The Kier molecular flexibility index (Phi) is 6.86. The molecule has 1 unspecified atom stereocenters. The number of carbonyl (C=O) groups excluding carboxylic acids is 1. The first-order valence-electron chi connectivity index (χ1n) is 10.7. The second-order valence-electron chi connectivity index (χ2n) is 7.72. The van der Waals surface area contributed by atoms with Crippen molar-refractivity contribution in [2.75, 3.05) is 13.7 Å². The van der Waals surface area contributed by atoms with Gasteiger partial charge in [-0.2, -0.15) is 0 Å². The van der Waals surface area contributed by atoms with Crippen molar-refractivity contribution in [2.24, 2.45) is 0 Å². The zero-order valence-corrected chi connectivity index (χ0v) is 18.3. The predicted octanol–water partition coefficient (Wildman–Crippen LogP) is 4.25. The quantitative estimate of drug-likeness (QED) is 0.398. The normalized spacial score (nSPS) is 11.8. The Morgan fingerprint density at radius 3 is 2.39 bits per heavy atom. The Hall–Kier alpha value is -3.90. The van der Waals surface area contributed by atoms with Gasteiger partial charge in [-0.3, -0.25) is 4.79 Å². The summed E-state index contributed by atoms with van der Waals surface area (Å²) in [5.74, 6) is 0.369. The van der Waals surface area contributed by atoms with E-state index in [0.29, 0.717) is 17.8 Å².